The lowest BCUT2D eigenvalue weighted by Gasteiger charge is -2.27. The number of rotatable bonds is 4. The van der Waals surface area contributed by atoms with E-state index in [1.165, 1.54) is 7.11 Å². The minimum Gasteiger partial charge on any atom is -0.495 e. The minimum atomic E-state index is -0.900. The van der Waals surface area contributed by atoms with Gasteiger partial charge in [-0.25, -0.2) is 0 Å². The van der Waals surface area contributed by atoms with Crippen LogP contribution >= 0.6 is 11.6 Å². The molecule has 1 aliphatic rings. The molecule has 2 rings (SSSR count). The van der Waals surface area contributed by atoms with Crippen LogP contribution in [-0.2, 0) is 9.59 Å². The highest BCUT2D eigenvalue weighted by Gasteiger charge is 2.35. The van der Waals surface area contributed by atoms with Gasteiger partial charge in [-0.3, -0.25) is 9.59 Å². The molecule has 0 spiro atoms. The van der Waals surface area contributed by atoms with Crippen molar-refractivity contribution in [1.82, 2.24) is 0 Å². The summed E-state index contributed by atoms with van der Waals surface area (Å²) in [6.45, 7) is 0. The highest BCUT2D eigenvalue weighted by atomic mass is 35.5. The molecule has 5 nitrogen and oxygen atoms in total. The van der Waals surface area contributed by atoms with Gasteiger partial charge in [0.2, 0.25) is 5.91 Å². The largest absolute Gasteiger partial charge is 0.495 e. The Hall–Kier alpha value is -1.75. The maximum atomic E-state index is 12.3. The Morgan fingerprint density at radius 1 is 1.29 bits per heavy atom. The molecule has 0 heterocycles. The number of carbonyl (C=O) groups excluding carboxylic acids is 1. The Morgan fingerprint density at radius 2 is 1.95 bits per heavy atom. The number of benzene rings is 1. The van der Waals surface area contributed by atoms with E-state index in [-0.39, 0.29) is 5.91 Å². The number of amides is 1. The lowest BCUT2D eigenvalue weighted by Crippen LogP contribution is -2.36. The summed E-state index contributed by atoms with van der Waals surface area (Å²) in [4.78, 5) is 23.6. The molecule has 0 bridgehead atoms. The molecule has 1 saturated carbocycles. The summed E-state index contributed by atoms with van der Waals surface area (Å²) in [5.74, 6) is -1.78. The van der Waals surface area contributed by atoms with Crippen LogP contribution in [0.2, 0.25) is 5.02 Å². The van der Waals surface area contributed by atoms with Crippen LogP contribution in [0.15, 0.2) is 18.2 Å². The zero-order chi connectivity index (χ0) is 15.4. The number of hydrogen-bond donors (Lipinski definition) is 2. The Kier molecular flexibility index (Phi) is 5.07. The molecule has 1 fully saturated rings. The number of carboxylic acids is 1. The second kappa shape index (κ2) is 6.80. The van der Waals surface area contributed by atoms with Crippen molar-refractivity contribution in [3.8, 4) is 5.75 Å². The number of carbonyl (C=O) groups is 2. The Balaban J connectivity index is 2.11. The number of methoxy groups -OCH3 is 1. The van der Waals surface area contributed by atoms with Gasteiger partial charge in [0.25, 0.3) is 0 Å². The van der Waals surface area contributed by atoms with Crippen LogP contribution in [0.4, 0.5) is 5.69 Å². The van der Waals surface area contributed by atoms with Gasteiger partial charge in [-0.2, -0.15) is 0 Å². The molecule has 0 saturated heterocycles. The van der Waals surface area contributed by atoms with Crippen molar-refractivity contribution >= 4 is 29.2 Å². The Morgan fingerprint density at radius 3 is 2.57 bits per heavy atom. The number of anilines is 1. The zero-order valence-electron chi connectivity index (χ0n) is 11.8. The number of ether oxygens (including phenoxy) is 1. The van der Waals surface area contributed by atoms with E-state index < -0.39 is 17.8 Å². The molecular formula is C15H18ClNO4. The summed E-state index contributed by atoms with van der Waals surface area (Å²) in [6.07, 6.45) is 2.90. The second-order valence-corrected chi connectivity index (χ2v) is 5.58. The molecule has 0 aromatic heterocycles. The van der Waals surface area contributed by atoms with Gasteiger partial charge in [0.1, 0.15) is 5.75 Å². The van der Waals surface area contributed by atoms with Gasteiger partial charge >= 0.3 is 5.97 Å². The van der Waals surface area contributed by atoms with E-state index >= 15 is 0 Å². The van der Waals surface area contributed by atoms with Crippen LogP contribution < -0.4 is 10.1 Å². The lowest BCUT2D eigenvalue weighted by atomic mass is 9.78. The zero-order valence-corrected chi connectivity index (χ0v) is 12.5. The molecule has 1 aliphatic carbocycles. The van der Waals surface area contributed by atoms with Crippen molar-refractivity contribution in [3.05, 3.63) is 23.2 Å². The van der Waals surface area contributed by atoms with Crippen molar-refractivity contribution in [2.24, 2.45) is 11.8 Å². The summed E-state index contributed by atoms with van der Waals surface area (Å²) in [6, 6.07) is 4.92. The van der Waals surface area contributed by atoms with Gasteiger partial charge in [0, 0.05) is 11.8 Å². The average Bonchev–Trinajstić information content (AvgIpc) is 2.49. The highest BCUT2D eigenvalue weighted by molar-refractivity contribution is 6.32. The van der Waals surface area contributed by atoms with Crippen LogP contribution in [0.5, 0.6) is 5.75 Å². The number of halogens is 1. The lowest BCUT2D eigenvalue weighted by molar-refractivity contribution is -0.147. The molecule has 1 amide bonds. The summed E-state index contributed by atoms with van der Waals surface area (Å²) in [7, 11) is 1.49. The first kappa shape index (κ1) is 15.6. The molecule has 114 valence electrons. The van der Waals surface area contributed by atoms with Gasteiger partial charge in [0.15, 0.2) is 0 Å². The molecule has 0 unspecified atom stereocenters. The molecule has 0 radical (unpaired) electrons. The Labute approximate surface area is 128 Å². The molecule has 1 aromatic rings. The maximum Gasteiger partial charge on any atom is 0.307 e. The monoisotopic (exact) mass is 311 g/mol. The first-order chi connectivity index (χ1) is 10.0. The summed E-state index contributed by atoms with van der Waals surface area (Å²) in [5, 5.41) is 12.4. The molecule has 2 atom stereocenters. The molecule has 2 N–H and O–H groups in total. The van der Waals surface area contributed by atoms with E-state index in [1.54, 1.807) is 18.2 Å². The van der Waals surface area contributed by atoms with Crippen molar-refractivity contribution in [3.63, 3.8) is 0 Å². The maximum absolute atomic E-state index is 12.3. The van der Waals surface area contributed by atoms with Gasteiger partial charge in [-0.05, 0) is 25.0 Å². The molecule has 1 aromatic carbocycles. The summed E-state index contributed by atoms with van der Waals surface area (Å²) >= 11 is 5.93. The van der Waals surface area contributed by atoms with Crippen molar-refractivity contribution in [2.45, 2.75) is 25.7 Å². The SMILES string of the molecule is COc1cc(NC(=O)[C@@H]2CCCC[C@@H]2C(=O)O)ccc1Cl. The number of nitrogens with one attached hydrogen (secondary N) is 1. The van der Waals surface area contributed by atoms with Crippen molar-refractivity contribution in [1.29, 1.82) is 0 Å². The van der Waals surface area contributed by atoms with E-state index in [9.17, 15) is 14.7 Å². The van der Waals surface area contributed by atoms with Crippen molar-refractivity contribution < 1.29 is 19.4 Å². The fraction of sp³-hybridized carbons (Fsp3) is 0.467. The fourth-order valence-corrected chi connectivity index (χ4v) is 2.91. The van der Waals surface area contributed by atoms with E-state index in [0.29, 0.717) is 29.3 Å². The van der Waals surface area contributed by atoms with E-state index in [1.807, 2.05) is 0 Å². The van der Waals surface area contributed by atoms with Gasteiger partial charge in [-0.15, -0.1) is 0 Å². The average molecular weight is 312 g/mol. The molecule has 0 aliphatic heterocycles. The quantitative estimate of drug-likeness (QED) is 0.895. The normalized spacial score (nSPS) is 21.6. The second-order valence-electron chi connectivity index (χ2n) is 5.17. The standard InChI is InChI=1S/C15H18ClNO4/c1-21-13-8-9(6-7-12(13)16)17-14(18)10-4-2-3-5-11(10)15(19)20/h6-8,10-11H,2-5H2,1H3,(H,17,18)(H,19,20)/t10-,11+/m1/s1. The van der Waals surface area contributed by atoms with Crippen LogP contribution in [0.1, 0.15) is 25.7 Å². The number of carboxylic acid groups (broad SMARTS) is 1. The van der Waals surface area contributed by atoms with Crippen molar-refractivity contribution in [2.75, 3.05) is 12.4 Å². The summed E-state index contributed by atoms with van der Waals surface area (Å²) in [5.41, 5.74) is 0.552. The predicted octanol–water partition coefficient (Wildman–Crippen LogP) is 3.18. The first-order valence-electron chi connectivity index (χ1n) is 6.90. The topological polar surface area (TPSA) is 75.6 Å². The minimum absolute atomic E-state index is 0.258. The van der Waals surface area contributed by atoms with Gasteiger partial charge < -0.3 is 15.2 Å². The van der Waals surface area contributed by atoms with Crippen LogP contribution in [-0.4, -0.2) is 24.1 Å². The third-order valence-corrected chi connectivity index (χ3v) is 4.15. The number of hydrogen-bond acceptors (Lipinski definition) is 3. The smallest absolute Gasteiger partial charge is 0.307 e. The van der Waals surface area contributed by atoms with Gasteiger partial charge in [0.05, 0.1) is 24.0 Å². The van der Waals surface area contributed by atoms with Crippen LogP contribution in [0, 0.1) is 11.8 Å². The Bertz CT molecular complexity index is 546. The predicted molar refractivity (Wildman–Crippen MR) is 79.7 cm³/mol. The summed E-state index contributed by atoms with van der Waals surface area (Å²) < 4.78 is 5.09. The first-order valence-corrected chi connectivity index (χ1v) is 7.28. The van der Waals surface area contributed by atoms with Gasteiger partial charge in [-0.1, -0.05) is 24.4 Å². The third kappa shape index (κ3) is 3.67. The molecule has 6 heteroatoms. The third-order valence-electron chi connectivity index (χ3n) is 3.84. The number of aliphatic carboxylic acids is 1. The highest BCUT2D eigenvalue weighted by Crippen LogP contribution is 2.32. The van der Waals surface area contributed by atoms with E-state index in [4.69, 9.17) is 16.3 Å². The van der Waals surface area contributed by atoms with Crippen LogP contribution in [0.3, 0.4) is 0 Å². The molecule has 21 heavy (non-hydrogen) atoms. The fourth-order valence-electron chi connectivity index (χ4n) is 2.71. The van der Waals surface area contributed by atoms with E-state index in [2.05, 4.69) is 5.32 Å². The van der Waals surface area contributed by atoms with Crippen LogP contribution in [0.25, 0.3) is 0 Å². The molecular weight excluding hydrogens is 294 g/mol. The van der Waals surface area contributed by atoms with E-state index in [0.717, 1.165) is 12.8 Å².